The van der Waals surface area contributed by atoms with Crippen LogP contribution in [0.5, 0.6) is 5.75 Å². The van der Waals surface area contributed by atoms with Crippen LogP contribution in [0.25, 0.3) is 6.08 Å². The number of piperidine rings is 1. The van der Waals surface area contributed by atoms with Crippen molar-refractivity contribution in [3.05, 3.63) is 71.6 Å². The van der Waals surface area contributed by atoms with Crippen molar-refractivity contribution in [1.29, 1.82) is 0 Å². The molecule has 4 nitrogen and oxygen atoms in total. The Bertz CT molecular complexity index is 805. The number of para-hydroxylation sites is 1. The molecule has 0 radical (unpaired) electrons. The normalized spacial score (nSPS) is 17.6. The highest BCUT2D eigenvalue weighted by molar-refractivity contribution is 5.94. The number of carbonyl (C=O) groups is 1. The van der Waals surface area contributed by atoms with Crippen molar-refractivity contribution >= 4 is 12.0 Å². The topological polar surface area (TPSA) is 41.6 Å². The Morgan fingerprint density at radius 1 is 1.25 bits per heavy atom. The van der Waals surface area contributed by atoms with Crippen LogP contribution in [0.4, 0.5) is 4.39 Å². The quantitative estimate of drug-likeness (QED) is 0.787. The van der Waals surface area contributed by atoms with Crippen molar-refractivity contribution in [1.82, 2.24) is 10.2 Å². The van der Waals surface area contributed by atoms with Gasteiger partial charge in [0.05, 0.1) is 7.11 Å². The highest BCUT2D eigenvalue weighted by Gasteiger charge is 2.19. The Kier molecular flexibility index (Phi) is 7.20. The number of rotatable bonds is 7. The summed E-state index contributed by atoms with van der Waals surface area (Å²) in [6.45, 7) is 3.54. The van der Waals surface area contributed by atoms with Gasteiger partial charge in [-0.2, -0.15) is 0 Å². The van der Waals surface area contributed by atoms with E-state index in [0.29, 0.717) is 18.0 Å². The minimum absolute atomic E-state index is 0.145. The molecule has 28 heavy (non-hydrogen) atoms. The van der Waals surface area contributed by atoms with Crippen LogP contribution < -0.4 is 10.1 Å². The summed E-state index contributed by atoms with van der Waals surface area (Å²) in [6.07, 6.45) is 6.49. The van der Waals surface area contributed by atoms with E-state index in [1.165, 1.54) is 24.3 Å². The van der Waals surface area contributed by atoms with E-state index in [-0.39, 0.29) is 11.7 Å². The lowest BCUT2D eigenvalue weighted by Crippen LogP contribution is -2.40. The Morgan fingerprint density at radius 2 is 2.04 bits per heavy atom. The van der Waals surface area contributed by atoms with Crippen LogP contribution in [0.2, 0.25) is 0 Å². The van der Waals surface area contributed by atoms with Crippen LogP contribution >= 0.6 is 0 Å². The molecule has 1 amide bonds. The van der Waals surface area contributed by atoms with Crippen LogP contribution in [0.1, 0.15) is 28.8 Å². The van der Waals surface area contributed by atoms with Crippen LogP contribution in [0, 0.1) is 11.7 Å². The monoisotopic (exact) mass is 382 g/mol. The summed E-state index contributed by atoms with van der Waals surface area (Å²) in [4.78, 5) is 14.6. The molecule has 1 heterocycles. The maximum Gasteiger partial charge on any atom is 0.251 e. The molecule has 0 spiro atoms. The van der Waals surface area contributed by atoms with Gasteiger partial charge in [0, 0.05) is 30.8 Å². The Labute approximate surface area is 166 Å². The minimum atomic E-state index is -0.333. The van der Waals surface area contributed by atoms with E-state index in [9.17, 15) is 9.18 Å². The second kappa shape index (κ2) is 10.0. The molecule has 0 bridgehead atoms. The number of halogens is 1. The maximum absolute atomic E-state index is 13.0. The summed E-state index contributed by atoms with van der Waals surface area (Å²) in [5.41, 5.74) is 1.57. The number of benzene rings is 2. The van der Waals surface area contributed by atoms with Gasteiger partial charge in [-0.3, -0.25) is 9.69 Å². The molecule has 148 valence electrons. The number of carbonyl (C=O) groups excluding carboxylic acids is 1. The van der Waals surface area contributed by atoms with E-state index in [1.54, 1.807) is 7.11 Å². The zero-order valence-corrected chi connectivity index (χ0v) is 16.2. The minimum Gasteiger partial charge on any atom is -0.496 e. The molecule has 1 aliphatic heterocycles. The smallest absolute Gasteiger partial charge is 0.251 e. The lowest BCUT2D eigenvalue weighted by molar-refractivity contribution is 0.0934. The number of ether oxygens (including phenoxy) is 1. The van der Waals surface area contributed by atoms with Crippen LogP contribution in [0.3, 0.4) is 0 Å². The van der Waals surface area contributed by atoms with Crippen molar-refractivity contribution in [3.8, 4) is 5.75 Å². The predicted molar refractivity (Wildman–Crippen MR) is 110 cm³/mol. The van der Waals surface area contributed by atoms with E-state index >= 15 is 0 Å². The largest absolute Gasteiger partial charge is 0.496 e. The number of nitrogens with one attached hydrogen (secondary N) is 1. The number of nitrogens with zero attached hydrogens (tertiary/aromatic N) is 1. The molecule has 0 saturated carbocycles. The predicted octanol–water partition coefficient (Wildman–Crippen LogP) is 3.99. The van der Waals surface area contributed by atoms with Gasteiger partial charge in [-0.05, 0) is 55.6 Å². The van der Waals surface area contributed by atoms with Gasteiger partial charge in [0.1, 0.15) is 11.6 Å². The Balaban J connectivity index is 1.46. The molecule has 1 saturated heterocycles. The standard InChI is InChI=1S/C23H27FN2O2/c1-28-22-9-3-2-7-19(22)8-5-15-26-14-4-6-18(17-26)16-25-23(27)20-10-12-21(24)13-11-20/h2-3,5,7-13,18H,4,6,14-17H2,1H3,(H,25,27)/b8-5+/t18-/m1/s1. The summed E-state index contributed by atoms with van der Waals surface area (Å²) in [7, 11) is 1.68. The summed E-state index contributed by atoms with van der Waals surface area (Å²) in [6, 6.07) is 13.6. The summed E-state index contributed by atoms with van der Waals surface area (Å²) >= 11 is 0. The highest BCUT2D eigenvalue weighted by atomic mass is 19.1. The molecule has 1 N–H and O–H groups in total. The lowest BCUT2D eigenvalue weighted by atomic mass is 9.98. The maximum atomic E-state index is 13.0. The van der Waals surface area contributed by atoms with Gasteiger partial charge in [-0.15, -0.1) is 0 Å². The highest BCUT2D eigenvalue weighted by Crippen LogP contribution is 2.19. The van der Waals surface area contributed by atoms with Gasteiger partial charge >= 0.3 is 0 Å². The van der Waals surface area contributed by atoms with E-state index in [1.807, 2.05) is 24.3 Å². The Hall–Kier alpha value is -2.66. The first-order chi connectivity index (χ1) is 13.7. The fourth-order valence-corrected chi connectivity index (χ4v) is 3.56. The molecular formula is C23H27FN2O2. The van der Waals surface area contributed by atoms with Crippen LogP contribution in [-0.2, 0) is 0 Å². The second-order valence-corrected chi connectivity index (χ2v) is 7.13. The first kappa shape index (κ1) is 20.1. The lowest BCUT2D eigenvalue weighted by Gasteiger charge is -2.32. The fourth-order valence-electron chi connectivity index (χ4n) is 3.56. The number of methoxy groups -OCH3 is 1. The van der Waals surface area contributed by atoms with Crippen LogP contribution in [-0.4, -0.2) is 44.1 Å². The van der Waals surface area contributed by atoms with E-state index in [4.69, 9.17) is 4.74 Å². The third-order valence-corrected chi connectivity index (χ3v) is 5.06. The molecule has 2 aromatic carbocycles. The van der Waals surface area contributed by atoms with Crippen molar-refractivity contribution in [2.45, 2.75) is 12.8 Å². The average Bonchev–Trinajstić information content (AvgIpc) is 2.73. The van der Waals surface area contributed by atoms with Crippen molar-refractivity contribution < 1.29 is 13.9 Å². The van der Waals surface area contributed by atoms with Gasteiger partial charge in [-0.25, -0.2) is 4.39 Å². The van der Waals surface area contributed by atoms with Crippen LogP contribution in [0.15, 0.2) is 54.6 Å². The van der Waals surface area contributed by atoms with Gasteiger partial charge < -0.3 is 10.1 Å². The molecule has 3 rings (SSSR count). The molecule has 5 heteroatoms. The summed E-state index contributed by atoms with van der Waals surface area (Å²) < 4.78 is 18.3. The average molecular weight is 382 g/mol. The number of hydrogen-bond donors (Lipinski definition) is 1. The zero-order chi connectivity index (χ0) is 19.8. The third-order valence-electron chi connectivity index (χ3n) is 5.06. The van der Waals surface area contributed by atoms with E-state index < -0.39 is 0 Å². The first-order valence-corrected chi connectivity index (χ1v) is 9.71. The molecule has 1 aliphatic rings. The molecule has 0 unspecified atom stereocenters. The van der Waals surface area contributed by atoms with Gasteiger partial charge in [0.15, 0.2) is 0 Å². The summed E-state index contributed by atoms with van der Waals surface area (Å²) in [5, 5.41) is 2.98. The van der Waals surface area contributed by atoms with Crippen molar-refractivity contribution in [2.75, 3.05) is 33.3 Å². The van der Waals surface area contributed by atoms with Gasteiger partial charge in [-0.1, -0.05) is 30.4 Å². The molecule has 0 aromatic heterocycles. The molecule has 2 aromatic rings. The zero-order valence-electron chi connectivity index (χ0n) is 16.2. The first-order valence-electron chi connectivity index (χ1n) is 9.71. The van der Waals surface area contributed by atoms with Crippen molar-refractivity contribution in [2.24, 2.45) is 5.92 Å². The van der Waals surface area contributed by atoms with Gasteiger partial charge in [0.2, 0.25) is 0 Å². The molecule has 1 atom stereocenters. The summed E-state index contributed by atoms with van der Waals surface area (Å²) in [5.74, 6) is 0.824. The fraction of sp³-hybridized carbons (Fsp3) is 0.348. The number of amides is 1. The molecule has 0 aliphatic carbocycles. The Morgan fingerprint density at radius 3 is 2.82 bits per heavy atom. The number of likely N-dealkylation sites (tertiary alicyclic amines) is 1. The number of hydrogen-bond acceptors (Lipinski definition) is 3. The van der Waals surface area contributed by atoms with E-state index in [2.05, 4.69) is 22.4 Å². The van der Waals surface area contributed by atoms with Gasteiger partial charge in [0.25, 0.3) is 5.91 Å². The SMILES string of the molecule is COc1ccccc1/C=C/CN1CCC[C@H](CNC(=O)c2ccc(F)cc2)C1. The van der Waals surface area contributed by atoms with E-state index in [0.717, 1.165) is 43.8 Å². The molecular weight excluding hydrogens is 355 g/mol. The van der Waals surface area contributed by atoms with Crippen molar-refractivity contribution in [3.63, 3.8) is 0 Å². The second-order valence-electron chi connectivity index (χ2n) is 7.13. The molecule has 1 fully saturated rings. The third kappa shape index (κ3) is 5.67.